The van der Waals surface area contributed by atoms with E-state index in [1.807, 2.05) is 0 Å². The van der Waals surface area contributed by atoms with Crippen LogP contribution in [0.2, 0.25) is 0 Å². The molecule has 168 valence electrons. The molecule has 0 heterocycles. The molecule has 2 rings (SSSR count). The minimum Gasteiger partial charge on any atom is -0.493 e. The van der Waals surface area contributed by atoms with E-state index in [0.717, 1.165) is 43.4 Å². The summed E-state index contributed by atoms with van der Waals surface area (Å²) >= 11 is 5.72. The van der Waals surface area contributed by atoms with Gasteiger partial charge < -0.3 is 9.47 Å². The molecule has 1 atom stereocenters. The number of halogens is 1. The Hall–Kier alpha value is -1.41. The Morgan fingerprint density at radius 1 is 0.867 bits per heavy atom. The van der Waals surface area contributed by atoms with Crippen molar-refractivity contribution in [3.63, 3.8) is 0 Å². The van der Waals surface area contributed by atoms with Gasteiger partial charge in [-0.1, -0.05) is 70.9 Å². The van der Waals surface area contributed by atoms with E-state index >= 15 is 0 Å². The topological polar surface area (TPSA) is 18.5 Å². The molecule has 0 saturated heterocycles. The summed E-state index contributed by atoms with van der Waals surface area (Å²) in [5, 5.41) is 2.47. The molecule has 0 radical (unpaired) electrons. The highest BCUT2D eigenvalue weighted by molar-refractivity contribution is 6.17. The fourth-order valence-corrected chi connectivity index (χ4v) is 4.08. The Kier molecular flexibility index (Phi) is 12.1. The molecule has 0 aliphatic carbocycles. The Morgan fingerprint density at radius 3 is 2.37 bits per heavy atom. The van der Waals surface area contributed by atoms with Gasteiger partial charge in [-0.25, -0.2) is 0 Å². The number of aryl methyl sites for hydroxylation is 1. The minimum atomic E-state index is 0.651. The Balaban J connectivity index is 1.85. The summed E-state index contributed by atoms with van der Waals surface area (Å²) in [7, 11) is 0. The lowest BCUT2D eigenvalue weighted by Crippen LogP contribution is -2.11. The number of hydrogen-bond acceptors (Lipinski definition) is 2. The molecule has 0 N–H and O–H groups in total. The van der Waals surface area contributed by atoms with E-state index in [1.54, 1.807) is 0 Å². The Labute approximate surface area is 189 Å². The van der Waals surface area contributed by atoms with Crippen molar-refractivity contribution in [1.29, 1.82) is 0 Å². The van der Waals surface area contributed by atoms with Gasteiger partial charge in [0.05, 0.1) is 13.2 Å². The quantitative estimate of drug-likeness (QED) is 0.195. The highest BCUT2D eigenvalue weighted by Crippen LogP contribution is 2.30. The van der Waals surface area contributed by atoms with Crippen LogP contribution in [0.3, 0.4) is 0 Å². The normalized spacial score (nSPS) is 12.3. The smallest absolute Gasteiger partial charge is 0.122 e. The van der Waals surface area contributed by atoms with Crippen LogP contribution in [0.15, 0.2) is 30.3 Å². The molecule has 0 aromatic heterocycles. The van der Waals surface area contributed by atoms with Gasteiger partial charge in [-0.3, -0.25) is 0 Å². The maximum absolute atomic E-state index is 6.12. The maximum Gasteiger partial charge on any atom is 0.122 e. The Bertz CT molecular complexity index is 728. The first-order valence-electron chi connectivity index (χ1n) is 12.0. The highest BCUT2D eigenvalue weighted by atomic mass is 35.5. The maximum atomic E-state index is 6.12. The van der Waals surface area contributed by atoms with Crippen LogP contribution in [0, 0.1) is 12.8 Å². The number of hydrogen-bond donors (Lipinski definition) is 0. The van der Waals surface area contributed by atoms with Crippen molar-refractivity contribution < 1.29 is 9.47 Å². The molecular formula is C27H41ClO2. The second-order valence-electron chi connectivity index (χ2n) is 8.46. The van der Waals surface area contributed by atoms with Crippen molar-refractivity contribution in [2.75, 3.05) is 19.1 Å². The molecule has 2 nitrogen and oxygen atoms in total. The van der Waals surface area contributed by atoms with E-state index in [0.29, 0.717) is 5.92 Å². The fourth-order valence-electron chi connectivity index (χ4n) is 3.89. The zero-order valence-corrected chi connectivity index (χ0v) is 20.1. The van der Waals surface area contributed by atoms with Gasteiger partial charge in [0.15, 0.2) is 0 Å². The van der Waals surface area contributed by atoms with Gasteiger partial charge in [-0.2, -0.15) is 0 Å². The molecule has 3 heteroatoms. The van der Waals surface area contributed by atoms with Crippen LogP contribution in [-0.2, 0) is 0 Å². The highest BCUT2D eigenvalue weighted by Gasteiger charge is 2.09. The van der Waals surface area contributed by atoms with E-state index < -0.39 is 0 Å². The zero-order chi connectivity index (χ0) is 21.6. The van der Waals surface area contributed by atoms with E-state index in [1.165, 1.54) is 67.7 Å². The lowest BCUT2D eigenvalue weighted by atomic mass is 10.0. The van der Waals surface area contributed by atoms with Gasteiger partial charge in [0.25, 0.3) is 0 Å². The Morgan fingerprint density at radius 2 is 1.63 bits per heavy atom. The van der Waals surface area contributed by atoms with E-state index in [9.17, 15) is 0 Å². The minimum absolute atomic E-state index is 0.651. The average Bonchev–Trinajstić information content (AvgIpc) is 2.77. The standard InChI is InChI=1S/C27H41ClO2/c1-4-6-13-23(5-2)21-30-25-15-16-26-22(3)27(17-14-24(26)20-25)29-19-12-10-8-7-9-11-18-28/h14-17,20,23H,4-13,18-19,21H2,1-3H3. The monoisotopic (exact) mass is 432 g/mol. The largest absolute Gasteiger partial charge is 0.493 e. The predicted octanol–water partition coefficient (Wildman–Crippen LogP) is 8.70. The molecule has 0 aliphatic heterocycles. The van der Waals surface area contributed by atoms with Gasteiger partial charge in [-0.05, 0) is 66.6 Å². The molecule has 0 spiro atoms. The first-order chi connectivity index (χ1) is 14.7. The summed E-state index contributed by atoms with van der Waals surface area (Å²) in [4.78, 5) is 0. The van der Waals surface area contributed by atoms with Crippen LogP contribution in [0.5, 0.6) is 11.5 Å². The number of rotatable bonds is 16. The van der Waals surface area contributed by atoms with Crippen molar-refractivity contribution in [2.24, 2.45) is 5.92 Å². The molecule has 2 aromatic carbocycles. The summed E-state index contributed by atoms with van der Waals surface area (Å²) in [6, 6.07) is 10.7. The number of alkyl halides is 1. The number of benzene rings is 2. The van der Waals surface area contributed by atoms with Crippen molar-refractivity contribution in [1.82, 2.24) is 0 Å². The van der Waals surface area contributed by atoms with E-state index in [-0.39, 0.29) is 0 Å². The second kappa shape index (κ2) is 14.6. The third-order valence-electron chi connectivity index (χ3n) is 6.03. The van der Waals surface area contributed by atoms with Crippen LogP contribution in [-0.4, -0.2) is 19.1 Å². The van der Waals surface area contributed by atoms with Crippen molar-refractivity contribution in [3.05, 3.63) is 35.9 Å². The summed E-state index contributed by atoms with van der Waals surface area (Å²) in [6.07, 6.45) is 12.3. The van der Waals surface area contributed by atoms with Gasteiger partial charge in [-0.15, -0.1) is 11.6 Å². The third kappa shape index (κ3) is 8.38. The predicted molar refractivity (Wildman–Crippen MR) is 131 cm³/mol. The second-order valence-corrected chi connectivity index (χ2v) is 8.84. The molecule has 0 saturated carbocycles. The molecule has 0 amide bonds. The van der Waals surface area contributed by atoms with Crippen LogP contribution in [0.25, 0.3) is 10.8 Å². The van der Waals surface area contributed by atoms with Gasteiger partial charge in [0, 0.05) is 5.88 Å². The van der Waals surface area contributed by atoms with E-state index in [2.05, 4.69) is 51.1 Å². The van der Waals surface area contributed by atoms with E-state index in [4.69, 9.17) is 21.1 Å². The van der Waals surface area contributed by atoms with Crippen LogP contribution in [0.1, 0.15) is 83.6 Å². The molecular weight excluding hydrogens is 392 g/mol. The molecule has 2 aromatic rings. The zero-order valence-electron chi connectivity index (χ0n) is 19.4. The number of fused-ring (bicyclic) bond motifs is 1. The van der Waals surface area contributed by atoms with Crippen molar-refractivity contribution >= 4 is 22.4 Å². The summed E-state index contributed by atoms with van der Waals surface area (Å²) in [5.41, 5.74) is 1.22. The lowest BCUT2D eigenvalue weighted by Gasteiger charge is -2.16. The van der Waals surface area contributed by atoms with Gasteiger partial charge in [0.1, 0.15) is 11.5 Å². The third-order valence-corrected chi connectivity index (χ3v) is 6.29. The molecule has 0 bridgehead atoms. The first kappa shape index (κ1) is 24.9. The van der Waals surface area contributed by atoms with Crippen LogP contribution < -0.4 is 9.47 Å². The molecule has 1 unspecified atom stereocenters. The van der Waals surface area contributed by atoms with Crippen LogP contribution >= 0.6 is 11.6 Å². The molecule has 0 aliphatic rings. The lowest BCUT2D eigenvalue weighted by molar-refractivity contribution is 0.233. The molecule has 0 fully saturated rings. The fraction of sp³-hybridized carbons (Fsp3) is 0.630. The number of unbranched alkanes of at least 4 members (excludes halogenated alkanes) is 6. The first-order valence-corrected chi connectivity index (χ1v) is 12.6. The van der Waals surface area contributed by atoms with Gasteiger partial charge >= 0.3 is 0 Å². The number of ether oxygens (including phenoxy) is 2. The van der Waals surface area contributed by atoms with Crippen molar-refractivity contribution in [3.8, 4) is 11.5 Å². The SMILES string of the molecule is CCCCC(CC)COc1ccc2c(C)c(OCCCCCCCCCl)ccc2c1. The van der Waals surface area contributed by atoms with Crippen LogP contribution in [0.4, 0.5) is 0 Å². The van der Waals surface area contributed by atoms with Gasteiger partial charge in [0.2, 0.25) is 0 Å². The van der Waals surface area contributed by atoms with Crippen molar-refractivity contribution in [2.45, 2.75) is 85.0 Å². The summed E-state index contributed by atoms with van der Waals surface area (Å²) in [5.74, 6) is 3.41. The summed E-state index contributed by atoms with van der Waals surface area (Å²) < 4.78 is 12.2. The average molecular weight is 433 g/mol. The summed E-state index contributed by atoms with van der Waals surface area (Å²) in [6.45, 7) is 8.27. The molecule has 30 heavy (non-hydrogen) atoms.